The van der Waals surface area contributed by atoms with Gasteiger partial charge in [-0.25, -0.2) is 4.99 Å². The van der Waals surface area contributed by atoms with Gasteiger partial charge in [0.15, 0.2) is 5.96 Å². The predicted octanol–water partition coefficient (Wildman–Crippen LogP) is 1.05. The van der Waals surface area contributed by atoms with E-state index in [1.54, 1.807) is 31.5 Å². The Kier molecular flexibility index (Phi) is 8.58. The van der Waals surface area contributed by atoms with Crippen LogP contribution >= 0.6 is 0 Å². The molecule has 2 rings (SSSR count). The number of hydrogen-bond donors (Lipinski definition) is 4. The summed E-state index contributed by atoms with van der Waals surface area (Å²) in [5.74, 6) is 0.969. The van der Waals surface area contributed by atoms with Gasteiger partial charge in [-0.2, -0.15) is 0 Å². The molecule has 0 radical (unpaired) electrons. The molecule has 2 amide bonds. The summed E-state index contributed by atoms with van der Waals surface area (Å²) in [5, 5.41) is 11.7. The number of guanidine groups is 1. The van der Waals surface area contributed by atoms with E-state index in [-0.39, 0.29) is 18.4 Å². The van der Waals surface area contributed by atoms with Crippen molar-refractivity contribution in [2.45, 2.75) is 19.9 Å². The Morgan fingerprint density at radius 2 is 1.96 bits per heavy atom. The first-order valence-corrected chi connectivity index (χ1v) is 9.24. The van der Waals surface area contributed by atoms with Crippen LogP contribution in [-0.2, 0) is 17.8 Å². The number of rotatable bonds is 9. The van der Waals surface area contributed by atoms with E-state index in [9.17, 15) is 9.59 Å². The summed E-state index contributed by atoms with van der Waals surface area (Å²) in [6.45, 7) is 3.62. The number of aliphatic imine (C=N–C) groups is 1. The monoisotopic (exact) mass is 385 g/mol. The molecule has 28 heavy (non-hydrogen) atoms. The molecule has 0 saturated carbocycles. The second-order valence-corrected chi connectivity index (χ2v) is 6.01. The van der Waals surface area contributed by atoms with Crippen molar-refractivity contribution >= 4 is 17.8 Å². The lowest BCUT2D eigenvalue weighted by atomic mass is 10.1. The summed E-state index contributed by atoms with van der Waals surface area (Å²) in [4.78, 5) is 27.9. The Hall–Kier alpha value is -3.29. The lowest BCUT2D eigenvalue weighted by Gasteiger charge is -2.11. The Labute approximate surface area is 164 Å². The minimum Gasteiger partial charge on any atom is -0.467 e. The van der Waals surface area contributed by atoms with Gasteiger partial charge in [0, 0.05) is 25.7 Å². The molecule has 0 saturated heterocycles. The summed E-state index contributed by atoms with van der Waals surface area (Å²) in [7, 11) is 1.61. The van der Waals surface area contributed by atoms with Gasteiger partial charge < -0.3 is 25.7 Å². The molecule has 1 aromatic carbocycles. The van der Waals surface area contributed by atoms with Crippen molar-refractivity contribution in [3.63, 3.8) is 0 Å². The highest BCUT2D eigenvalue weighted by Crippen LogP contribution is 2.05. The number of carbonyl (C=O) groups is 2. The van der Waals surface area contributed by atoms with Gasteiger partial charge in [0.2, 0.25) is 5.91 Å². The van der Waals surface area contributed by atoms with Crippen molar-refractivity contribution in [2.75, 3.05) is 26.7 Å². The normalized spacial score (nSPS) is 11.0. The maximum Gasteiger partial charge on any atom is 0.251 e. The number of hydrogen-bond acceptors (Lipinski definition) is 4. The molecule has 0 atom stereocenters. The summed E-state index contributed by atoms with van der Waals surface area (Å²) in [6, 6.07) is 11.1. The largest absolute Gasteiger partial charge is 0.467 e. The number of furan rings is 1. The quantitative estimate of drug-likeness (QED) is 0.381. The molecule has 1 aromatic heterocycles. The van der Waals surface area contributed by atoms with Crippen LogP contribution in [0.25, 0.3) is 0 Å². The molecule has 150 valence electrons. The molecule has 1 heterocycles. The van der Waals surface area contributed by atoms with Crippen LogP contribution in [0.5, 0.6) is 0 Å². The summed E-state index contributed by atoms with van der Waals surface area (Å²) in [5.41, 5.74) is 1.68. The molecule has 0 aliphatic carbocycles. The van der Waals surface area contributed by atoms with Crippen LogP contribution in [0.4, 0.5) is 0 Å². The smallest absolute Gasteiger partial charge is 0.251 e. The van der Waals surface area contributed by atoms with Crippen LogP contribution in [0.15, 0.2) is 52.1 Å². The van der Waals surface area contributed by atoms with E-state index < -0.39 is 0 Å². The van der Waals surface area contributed by atoms with E-state index in [0.29, 0.717) is 36.9 Å². The van der Waals surface area contributed by atoms with Crippen molar-refractivity contribution in [3.8, 4) is 0 Å². The molecular formula is C20H27N5O3. The molecule has 0 fully saturated rings. The second-order valence-electron chi connectivity index (χ2n) is 6.01. The molecule has 8 nitrogen and oxygen atoms in total. The van der Waals surface area contributed by atoms with Crippen LogP contribution in [0.1, 0.15) is 28.6 Å². The number of carbonyl (C=O) groups excluding carboxylic acids is 2. The number of nitrogens with zero attached hydrogens (tertiary/aromatic N) is 1. The SMILES string of the molecule is CCNC(=NCC(=O)NCc1ccco1)NCCc1cccc(C(=O)NC)c1. The molecule has 4 N–H and O–H groups in total. The van der Waals surface area contributed by atoms with E-state index >= 15 is 0 Å². The topological polar surface area (TPSA) is 108 Å². The number of nitrogens with one attached hydrogen (secondary N) is 4. The van der Waals surface area contributed by atoms with Gasteiger partial charge in [0.1, 0.15) is 12.3 Å². The standard InChI is InChI=1S/C20H27N5O3/c1-3-22-20(25-14-18(26)24-13-17-8-5-11-28-17)23-10-9-15-6-4-7-16(12-15)19(27)21-2/h4-8,11-12H,3,9-10,13-14H2,1-2H3,(H,21,27)(H,24,26)(H2,22,23,25). The van der Waals surface area contributed by atoms with Gasteiger partial charge >= 0.3 is 0 Å². The van der Waals surface area contributed by atoms with E-state index in [2.05, 4.69) is 26.3 Å². The second kappa shape index (κ2) is 11.4. The van der Waals surface area contributed by atoms with E-state index in [0.717, 1.165) is 12.0 Å². The van der Waals surface area contributed by atoms with Crippen molar-refractivity contribution < 1.29 is 14.0 Å². The highest BCUT2D eigenvalue weighted by Gasteiger charge is 2.05. The fraction of sp³-hybridized carbons (Fsp3) is 0.350. The highest BCUT2D eigenvalue weighted by atomic mass is 16.3. The molecule has 0 spiro atoms. The average molecular weight is 385 g/mol. The van der Waals surface area contributed by atoms with Crippen LogP contribution < -0.4 is 21.3 Å². The lowest BCUT2D eigenvalue weighted by Crippen LogP contribution is -2.39. The van der Waals surface area contributed by atoms with Crippen molar-refractivity contribution in [3.05, 3.63) is 59.5 Å². The van der Waals surface area contributed by atoms with Crippen LogP contribution in [0.2, 0.25) is 0 Å². The Balaban J connectivity index is 1.80. The maximum atomic E-state index is 11.9. The van der Waals surface area contributed by atoms with Crippen molar-refractivity contribution in [2.24, 2.45) is 4.99 Å². The molecule has 8 heteroatoms. The van der Waals surface area contributed by atoms with E-state index in [1.807, 2.05) is 25.1 Å². The Morgan fingerprint density at radius 1 is 1.11 bits per heavy atom. The Bertz CT molecular complexity index is 787. The molecule has 0 aliphatic rings. The van der Waals surface area contributed by atoms with E-state index in [4.69, 9.17) is 4.42 Å². The average Bonchev–Trinajstić information content (AvgIpc) is 3.23. The molecule has 2 aromatic rings. The number of amides is 2. The van der Waals surface area contributed by atoms with Gasteiger partial charge in [-0.3, -0.25) is 9.59 Å². The van der Waals surface area contributed by atoms with Gasteiger partial charge in [0.25, 0.3) is 5.91 Å². The third-order valence-corrected chi connectivity index (χ3v) is 3.89. The Morgan fingerprint density at radius 3 is 2.68 bits per heavy atom. The number of benzene rings is 1. The zero-order valence-electron chi connectivity index (χ0n) is 16.2. The third kappa shape index (κ3) is 7.14. The molecular weight excluding hydrogens is 358 g/mol. The summed E-state index contributed by atoms with van der Waals surface area (Å²) >= 11 is 0. The lowest BCUT2D eigenvalue weighted by molar-refractivity contribution is -0.119. The van der Waals surface area contributed by atoms with Gasteiger partial charge in [-0.05, 0) is 43.2 Å². The first-order valence-electron chi connectivity index (χ1n) is 9.24. The minimum atomic E-state index is -0.188. The molecule has 0 unspecified atom stereocenters. The minimum absolute atomic E-state index is 0.0161. The van der Waals surface area contributed by atoms with Gasteiger partial charge in [0.05, 0.1) is 12.8 Å². The summed E-state index contributed by atoms with van der Waals surface area (Å²) in [6.07, 6.45) is 2.29. The molecule has 0 bridgehead atoms. The molecule has 0 aliphatic heterocycles. The van der Waals surface area contributed by atoms with E-state index in [1.165, 1.54) is 0 Å². The van der Waals surface area contributed by atoms with Crippen LogP contribution in [0.3, 0.4) is 0 Å². The zero-order valence-corrected chi connectivity index (χ0v) is 16.2. The first-order chi connectivity index (χ1) is 13.6. The fourth-order valence-electron chi connectivity index (χ4n) is 2.49. The first kappa shape index (κ1) is 21.0. The highest BCUT2D eigenvalue weighted by molar-refractivity contribution is 5.94. The fourth-order valence-corrected chi connectivity index (χ4v) is 2.49. The van der Waals surface area contributed by atoms with Crippen molar-refractivity contribution in [1.82, 2.24) is 21.3 Å². The van der Waals surface area contributed by atoms with Crippen LogP contribution in [0, 0.1) is 0 Å². The van der Waals surface area contributed by atoms with Gasteiger partial charge in [-0.15, -0.1) is 0 Å². The maximum absolute atomic E-state index is 11.9. The van der Waals surface area contributed by atoms with Crippen LogP contribution in [-0.4, -0.2) is 44.5 Å². The third-order valence-electron chi connectivity index (χ3n) is 3.89. The zero-order chi connectivity index (χ0) is 20.2. The summed E-state index contributed by atoms with van der Waals surface area (Å²) < 4.78 is 5.17. The predicted molar refractivity (Wildman–Crippen MR) is 108 cm³/mol. The van der Waals surface area contributed by atoms with Crippen molar-refractivity contribution in [1.29, 1.82) is 0 Å². The van der Waals surface area contributed by atoms with Gasteiger partial charge in [-0.1, -0.05) is 12.1 Å².